The molecular weight excluding hydrogens is 278 g/mol. The van der Waals surface area contributed by atoms with Crippen molar-refractivity contribution in [1.82, 2.24) is 4.98 Å². The summed E-state index contributed by atoms with van der Waals surface area (Å²) in [5, 5.41) is 1.39. The molecule has 0 radical (unpaired) electrons. The first kappa shape index (κ1) is 12.1. The predicted octanol–water partition coefficient (Wildman–Crippen LogP) is 4.19. The highest BCUT2D eigenvalue weighted by molar-refractivity contribution is 7.22. The molecule has 2 heterocycles. The third-order valence-electron chi connectivity index (χ3n) is 3.12. The largest absolute Gasteiger partial charge is 0.348 e. The van der Waals surface area contributed by atoms with E-state index in [1.165, 1.54) is 11.3 Å². The van der Waals surface area contributed by atoms with Gasteiger partial charge < -0.3 is 4.90 Å². The van der Waals surface area contributed by atoms with Crippen LogP contribution in [0.15, 0.2) is 18.2 Å². The smallest absolute Gasteiger partial charge is 0.251 e. The van der Waals surface area contributed by atoms with Gasteiger partial charge in [0.2, 0.25) is 0 Å². The molecule has 96 valence electrons. The van der Waals surface area contributed by atoms with Crippen LogP contribution in [0.25, 0.3) is 10.2 Å². The Balaban J connectivity index is 1.89. The van der Waals surface area contributed by atoms with Crippen molar-refractivity contribution in [2.75, 3.05) is 18.0 Å². The van der Waals surface area contributed by atoms with Crippen LogP contribution >= 0.6 is 22.9 Å². The Bertz CT molecular complexity index is 574. The molecule has 1 aromatic heterocycles. The van der Waals surface area contributed by atoms with Crippen LogP contribution in [0, 0.1) is 0 Å². The molecule has 0 saturated carbocycles. The van der Waals surface area contributed by atoms with E-state index in [2.05, 4.69) is 4.98 Å². The summed E-state index contributed by atoms with van der Waals surface area (Å²) in [6.45, 7) is 0.703. The summed E-state index contributed by atoms with van der Waals surface area (Å²) in [7, 11) is 0. The number of alkyl halides is 2. The van der Waals surface area contributed by atoms with Crippen LogP contribution < -0.4 is 4.90 Å². The van der Waals surface area contributed by atoms with Crippen LogP contribution in [0.4, 0.5) is 13.9 Å². The van der Waals surface area contributed by atoms with E-state index >= 15 is 0 Å². The SMILES string of the molecule is FC1(F)CCN(c2nc3c(Cl)cccc3s2)CC1. The molecular formula is C12H11ClF2N2S. The van der Waals surface area contributed by atoms with Gasteiger partial charge in [-0.1, -0.05) is 29.0 Å². The average molecular weight is 289 g/mol. The number of aromatic nitrogens is 1. The Morgan fingerprint density at radius 2 is 2.00 bits per heavy atom. The number of piperidine rings is 1. The molecule has 1 aromatic carbocycles. The van der Waals surface area contributed by atoms with Crippen molar-refractivity contribution in [2.24, 2.45) is 0 Å². The quantitative estimate of drug-likeness (QED) is 0.782. The minimum Gasteiger partial charge on any atom is -0.348 e. The number of hydrogen-bond donors (Lipinski definition) is 0. The number of para-hydroxylation sites is 1. The maximum absolute atomic E-state index is 13.1. The van der Waals surface area contributed by atoms with Crippen molar-refractivity contribution >= 4 is 38.3 Å². The first-order valence-electron chi connectivity index (χ1n) is 5.73. The van der Waals surface area contributed by atoms with E-state index in [1.807, 2.05) is 17.0 Å². The number of hydrogen-bond acceptors (Lipinski definition) is 3. The number of fused-ring (bicyclic) bond motifs is 1. The highest BCUT2D eigenvalue weighted by atomic mass is 35.5. The molecule has 1 fully saturated rings. The van der Waals surface area contributed by atoms with Crippen LogP contribution in [0.5, 0.6) is 0 Å². The first-order chi connectivity index (χ1) is 8.55. The van der Waals surface area contributed by atoms with E-state index in [0.29, 0.717) is 18.1 Å². The third-order valence-corrected chi connectivity index (χ3v) is 4.51. The number of rotatable bonds is 1. The standard InChI is InChI=1S/C12H11ClF2N2S/c13-8-2-1-3-9-10(8)16-11(18-9)17-6-4-12(14,15)5-7-17/h1-3H,4-7H2. The van der Waals surface area contributed by atoms with Gasteiger partial charge >= 0.3 is 0 Å². The molecule has 3 rings (SSSR count). The van der Waals surface area contributed by atoms with Gasteiger partial charge in [0.05, 0.1) is 9.72 Å². The Labute approximate surface area is 112 Å². The summed E-state index contributed by atoms with van der Waals surface area (Å²) in [6.07, 6.45) is -0.201. The van der Waals surface area contributed by atoms with E-state index in [9.17, 15) is 8.78 Å². The lowest BCUT2D eigenvalue weighted by molar-refractivity contribution is -0.0220. The predicted molar refractivity (Wildman–Crippen MR) is 71.0 cm³/mol. The van der Waals surface area contributed by atoms with Gasteiger partial charge in [-0.15, -0.1) is 0 Å². The number of thiazole rings is 1. The number of halogens is 3. The van der Waals surface area contributed by atoms with E-state index in [-0.39, 0.29) is 12.8 Å². The van der Waals surface area contributed by atoms with Gasteiger partial charge in [-0.05, 0) is 12.1 Å². The zero-order chi connectivity index (χ0) is 12.8. The summed E-state index contributed by atoms with van der Waals surface area (Å²) in [5.74, 6) is -2.52. The molecule has 2 aromatic rings. The van der Waals surface area contributed by atoms with Crippen molar-refractivity contribution in [3.8, 4) is 0 Å². The van der Waals surface area contributed by atoms with Gasteiger partial charge in [-0.2, -0.15) is 0 Å². The van der Waals surface area contributed by atoms with Gasteiger partial charge in [0.1, 0.15) is 5.52 Å². The molecule has 1 saturated heterocycles. The molecule has 0 bridgehead atoms. The first-order valence-corrected chi connectivity index (χ1v) is 6.92. The van der Waals surface area contributed by atoms with Crippen LogP contribution in [0.2, 0.25) is 5.02 Å². The molecule has 0 unspecified atom stereocenters. The Kier molecular flexibility index (Phi) is 2.90. The summed E-state index contributed by atoms with van der Waals surface area (Å²) in [6, 6.07) is 5.61. The summed E-state index contributed by atoms with van der Waals surface area (Å²) < 4.78 is 27.2. The normalized spacial score (nSPS) is 19.4. The second-order valence-corrected chi connectivity index (χ2v) is 5.84. The lowest BCUT2D eigenvalue weighted by Crippen LogP contribution is -2.39. The molecule has 1 aliphatic heterocycles. The van der Waals surface area contributed by atoms with Crippen molar-refractivity contribution in [3.05, 3.63) is 23.2 Å². The monoisotopic (exact) mass is 288 g/mol. The Morgan fingerprint density at radius 1 is 1.28 bits per heavy atom. The highest BCUT2D eigenvalue weighted by Gasteiger charge is 2.34. The summed E-state index contributed by atoms with van der Waals surface area (Å²) >= 11 is 7.56. The van der Waals surface area contributed by atoms with Crippen molar-refractivity contribution in [1.29, 1.82) is 0 Å². The Hall–Kier alpha value is -0.940. The van der Waals surface area contributed by atoms with E-state index in [1.54, 1.807) is 6.07 Å². The molecule has 0 aliphatic carbocycles. The number of anilines is 1. The van der Waals surface area contributed by atoms with Crippen LogP contribution in [0.1, 0.15) is 12.8 Å². The zero-order valence-corrected chi connectivity index (χ0v) is 11.1. The lowest BCUT2D eigenvalue weighted by atomic mass is 10.1. The lowest BCUT2D eigenvalue weighted by Gasteiger charge is -2.31. The molecule has 2 nitrogen and oxygen atoms in total. The molecule has 0 spiro atoms. The molecule has 0 amide bonds. The molecule has 18 heavy (non-hydrogen) atoms. The summed E-state index contributed by atoms with van der Waals surface area (Å²) in [5.41, 5.74) is 0.761. The van der Waals surface area contributed by atoms with E-state index in [0.717, 1.165) is 15.3 Å². The van der Waals surface area contributed by atoms with Crippen LogP contribution in [0.3, 0.4) is 0 Å². The van der Waals surface area contributed by atoms with Gasteiger partial charge in [-0.3, -0.25) is 0 Å². The topological polar surface area (TPSA) is 16.1 Å². The molecule has 0 N–H and O–H groups in total. The van der Waals surface area contributed by atoms with E-state index in [4.69, 9.17) is 11.6 Å². The molecule has 1 aliphatic rings. The molecule has 0 atom stereocenters. The van der Waals surface area contributed by atoms with Gasteiger partial charge in [0.15, 0.2) is 5.13 Å². The van der Waals surface area contributed by atoms with Crippen molar-refractivity contribution in [3.63, 3.8) is 0 Å². The Morgan fingerprint density at radius 3 is 2.67 bits per heavy atom. The second-order valence-electron chi connectivity index (χ2n) is 4.43. The minimum atomic E-state index is -2.52. The minimum absolute atomic E-state index is 0.101. The summed E-state index contributed by atoms with van der Waals surface area (Å²) in [4.78, 5) is 6.37. The maximum Gasteiger partial charge on any atom is 0.251 e. The fourth-order valence-corrected chi connectivity index (χ4v) is 3.38. The fraction of sp³-hybridized carbons (Fsp3) is 0.417. The van der Waals surface area contributed by atoms with E-state index < -0.39 is 5.92 Å². The maximum atomic E-state index is 13.1. The highest BCUT2D eigenvalue weighted by Crippen LogP contribution is 2.36. The number of nitrogens with zero attached hydrogens (tertiary/aromatic N) is 2. The zero-order valence-electron chi connectivity index (χ0n) is 9.50. The third kappa shape index (κ3) is 2.17. The molecule has 6 heteroatoms. The average Bonchev–Trinajstić information content (AvgIpc) is 2.74. The van der Waals surface area contributed by atoms with Crippen molar-refractivity contribution in [2.45, 2.75) is 18.8 Å². The fourth-order valence-electron chi connectivity index (χ4n) is 2.06. The van der Waals surface area contributed by atoms with Gasteiger partial charge in [0, 0.05) is 25.9 Å². The van der Waals surface area contributed by atoms with Gasteiger partial charge in [-0.25, -0.2) is 13.8 Å². The van der Waals surface area contributed by atoms with Gasteiger partial charge in [0.25, 0.3) is 5.92 Å². The van der Waals surface area contributed by atoms with Crippen molar-refractivity contribution < 1.29 is 8.78 Å². The van der Waals surface area contributed by atoms with Crippen LogP contribution in [-0.2, 0) is 0 Å². The van der Waals surface area contributed by atoms with Crippen LogP contribution in [-0.4, -0.2) is 24.0 Å². The second kappa shape index (κ2) is 4.31. The number of benzene rings is 1.